The lowest BCUT2D eigenvalue weighted by atomic mass is 10.0. The largest absolute Gasteiger partial charge is 0.363 e. The summed E-state index contributed by atoms with van der Waals surface area (Å²) < 4.78 is 14.7. The summed E-state index contributed by atoms with van der Waals surface area (Å²) in [5.41, 5.74) is 5.99. The van der Waals surface area contributed by atoms with Gasteiger partial charge in [-0.2, -0.15) is 0 Å². The number of pyridine rings is 1. The fraction of sp³-hybridized carbons (Fsp3) is 0.273. The van der Waals surface area contributed by atoms with E-state index in [0.29, 0.717) is 6.04 Å². The van der Waals surface area contributed by atoms with Crippen LogP contribution in [-0.2, 0) is 6.54 Å². The third-order valence-corrected chi connectivity index (χ3v) is 6.23. The van der Waals surface area contributed by atoms with E-state index >= 15 is 0 Å². The first-order valence-corrected chi connectivity index (χ1v) is 10.5. The number of fused-ring (bicyclic) bond motifs is 2. The van der Waals surface area contributed by atoms with Crippen LogP contribution in [0.1, 0.15) is 18.5 Å². The first-order valence-electron chi connectivity index (χ1n) is 9.62. The molecule has 1 aliphatic rings. The lowest BCUT2D eigenvalue weighted by Crippen LogP contribution is -2.43. The molecule has 2 aromatic heterocycles. The van der Waals surface area contributed by atoms with Gasteiger partial charge in [-0.15, -0.1) is 11.3 Å². The van der Waals surface area contributed by atoms with Crippen molar-refractivity contribution in [2.24, 2.45) is 0 Å². The standard InChI is InChI=1S/C22H21FN4S/c23-16-2-5-20-15(11-16)1-3-17(26-20)13-27(18-7-9-24-10-8-18)19-4-6-21-22(12-19)28-14-25-21/h1-6,11-12,14,18,24H,7-10,13H2. The van der Waals surface area contributed by atoms with Crippen LogP contribution in [0.5, 0.6) is 0 Å². The minimum Gasteiger partial charge on any atom is -0.363 e. The Hall–Kier alpha value is -2.57. The van der Waals surface area contributed by atoms with Crippen molar-refractivity contribution in [3.05, 3.63) is 65.6 Å². The molecule has 0 bridgehead atoms. The lowest BCUT2D eigenvalue weighted by Gasteiger charge is -2.36. The summed E-state index contributed by atoms with van der Waals surface area (Å²) in [6.45, 7) is 2.81. The van der Waals surface area contributed by atoms with Crippen LogP contribution in [0.25, 0.3) is 21.1 Å². The van der Waals surface area contributed by atoms with Crippen LogP contribution < -0.4 is 10.2 Å². The minimum atomic E-state index is -0.226. The van der Waals surface area contributed by atoms with Gasteiger partial charge in [0, 0.05) is 17.1 Å². The molecule has 2 aromatic carbocycles. The second kappa shape index (κ2) is 7.45. The average Bonchev–Trinajstić information content (AvgIpc) is 3.20. The van der Waals surface area contributed by atoms with Crippen molar-refractivity contribution < 1.29 is 4.39 Å². The molecule has 0 aliphatic carbocycles. The summed E-state index contributed by atoms with van der Waals surface area (Å²) in [5.74, 6) is -0.226. The van der Waals surface area contributed by atoms with E-state index in [0.717, 1.165) is 54.6 Å². The molecule has 3 heterocycles. The van der Waals surface area contributed by atoms with E-state index in [9.17, 15) is 4.39 Å². The molecule has 5 rings (SSSR count). The van der Waals surface area contributed by atoms with Gasteiger partial charge >= 0.3 is 0 Å². The first kappa shape index (κ1) is 17.5. The molecule has 0 saturated carbocycles. The molecule has 0 atom stereocenters. The molecular weight excluding hydrogens is 371 g/mol. The average molecular weight is 393 g/mol. The molecule has 0 amide bonds. The van der Waals surface area contributed by atoms with Crippen molar-refractivity contribution in [2.75, 3.05) is 18.0 Å². The van der Waals surface area contributed by atoms with Crippen LogP contribution in [0.3, 0.4) is 0 Å². The van der Waals surface area contributed by atoms with E-state index in [-0.39, 0.29) is 5.82 Å². The highest BCUT2D eigenvalue weighted by Crippen LogP contribution is 2.29. The van der Waals surface area contributed by atoms with Gasteiger partial charge in [-0.25, -0.2) is 9.37 Å². The number of benzene rings is 2. The van der Waals surface area contributed by atoms with Gasteiger partial charge in [0.1, 0.15) is 5.82 Å². The fourth-order valence-electron chi connectivity index (χ4n) is 3.97. The van der Waals surface area contributed by atoms with E-state index in [2.05, 4.69) is 33.4 Å². The van der Waals surface area contributed by atoms with Crippen molar-refractivity contribution in [3.8, 4) is 0 Å². The molecule has 1 fully saturated rings. The van der Waals surface area contributed by atoms with Gasteiger partial charge in [-0.05, 0) is 68.4 Å². The Morgan fingerprint density at radius 2 is 1.89 bits per heavy atom. The third-order valence-electron chi connectivity index (χ3n) is 5.44. The summed E-state index contributed by atoms with van der Waals surface area (Å²) in [5, 5.41) is 4.29. The van der Waals surface area contributed by atoms with Gasteiger partial charge in [0.25, 0.3) is 0 Å². The summed E-state index contributed by atoms with van der Waals surface area (Å²) in [4.78, 5) is 11.7. The maximum Gasteiger partial charge on any atom is 0.123 e. The molecule has 0 unspecified atom stereocenters. The summed E-state index contributed by atoms with van der Waals surface area (Å²) in [7, 11) is 0. The topological polar surface area (TPSA) is 41.1 Å². The predicted octanol–water partition coefficient (Wildman–Crippen LogP) is 4.74. The van der Waals surface area contributed by atoms with Gasteiger partial charge in [0.15, 0.2) is 0 Å². The number of thiazole rings is 1. The van der Waals surface area contributed by atoms with Crippen molar-refractivity contribution in [1.29, 1.82) is 0 Å². The van der Waals surface area contributed by atoms with Gasteiger partial charge in [-0.3, -0.25) is 4.98 Å². The Morgan fingerprint density at radius 1 is 1.04 bits per heavy atom. The molecule has 1 aliphatic heterocycles. The first-order chi connectivity index (χ1) is 13.8. The molecular formula is C22H21FN4S. The number of hydrogen-bond donors (Lipinski definition) is 1. The summed E-state index contributed by atoms with van der Waals surface area (Å²) in [6, 6.07) is 15.7. The minimum absolute atomic E-state index is 0.226. The molecule has 28 heavy (non-hydrogen) atoms. The van der Waals surface area contributed by atoms with Gasteiger partial charge in [-0.1, -0.05) is 6.07 Å². The maximum absolute atomic E-state index is 13.5. The molecule has 0 spiro atoms. The maximum atomic E-state index is 13.5. The highest BCUT2D eigenvalue weighted by Gasteiger charge is 2.22. The Morgan fingerprint density at radius 3 is 2.79 bits per heavy atom. The Balaban J connectivity index is 1.51. The number of nitrogens with one attached hydrogen (secondary N) is 1. The number of anilines is 1. The molecule has 1 N–H and O–H groups in total. The number of rotatable bonds is 4. The zero-order valence-electron chi connectivity index (χ0n) is 15.4. The van der Waals surface area contributed by atoms with Crippen molar-refractivity contribution in [1.82, 2.24) is 15.3 Å². The van der Waals surface area contributed by atoms with Crippen molar-refractivity contribution >= 4 is 38.1 Å². The Bertz CT molecular complexity index is 1120. The molecule has 4 nitrogen and oxygen atoms in total. The van der Waals surface area contributed by atoms with E-state index < -0.39 is 0 Å². The van der Waals surface area contributed by atoms with Crippen LogP contribution in [0.4, 0.5) is 10.1 Å². The van der Waals surface area contributed by atoms with Gasteiger partial charge in [0.05, 0.1) is 33.5 Å². The molecule has 1 saturated heterocycles. The predicted molar refractivity (Wildman–Crippen MR) is 113 cm³/mol. The number of aromatic nitrogens is 2. The fourth-order valence-corrected chi connectivity index (χ4v) is 4.68. The normalized spacial score (nSPS) is 15.3. The van der Waals surface area contributed by atoms with Crippen LogP contribution in [0.15, 0.2) is 54.0 Å². The molecule has 0 radical (unpaired) electrons. The van der Waals surface area contributed by atoms with Gasteiger partial charge in [0.2, 0.25) is 0 Å². The van der Waals surface area contributed by atoms with E-state index in [1.807, 2.05) is 17.6 Å². The zero-order valence-corrected chi connectivity index (χ0v) is 16.3. The number of nitrogens with zero attached hydrogens (tertiary/aromatic N) is 3. The monoisotopic (exact) mass is 392 g/mol. The van der Waals surface area contributed by atoms with E-state index in [1.165, 1.54) is 22.5 Å². The third kappa shape index (κ3) is 3.45. The van der Waals surface area contributed by atoms with Crippen LogP contribution in [-0.4, -0.2) is 29.1 Å². The van der Waals surface area contributed by atoms with Crippen LogP contribution >= 0.6 is 11.3 Å². The quantitative estimate of drug-likeness (QED) is 0.545. The van der Waals surface area contributed by atoms with Gasteiger partial charge < -0.3 is 10.2 Å². The molecule has 4 aromatic rings. The van der Waals surface area contributed by atoms with Crippen molar-refractivity contribution in [2.45, 2.75) is 25.4 Å². The van der Waals surface area contributed by atoms with E-state index in [1.54, 1.807) is 17.4 Å². The SMILES string of the molecule is Fc1ccc2nc(CN(c3ccc4ncsc4c3)C3CCNCC3)ccc2c1. The number of hydrogen-bond acceptors (Lipinski definition) is 5. The van der Waals surface area contributed by atoms with Crippen molar-refractivity contribution in [3.63, 3.8) is 0 Å². The summed E-state index contributed by atoms with van der Waals surface area (Å²) in [6.07, 6.45) is 2.22. The highest BCUT2D eigenvalue weighted by atomic mass is 32.1. The van der Waals surface area contributed by atoms with Crippen LogP contribution in [0, 0.1) is 5.82 Å². The highest BCUT2D eigenvalue weighted by molar-refractivity contribution is 7.16. The number of piperidine rings is 1. The molecule has 142 valence electrons. The number of halogens is 1. The Kier molecular flexibility index (Phi) is 4.66. The van der Waals surface area contributed by atoms with Crippen LogP contribution in [0.2, 0.25) is 0 Å². The summed E-state index contributed by atoms with van der Waals surface area (Å²) >= 11 is 1.67. The zero-order chi connectivity index (χ0) is 18.9. The Labute approximate surface area is 167 Å². The smallest absolute Gasteiger partial charge is 0.123 e. The lowest BCUT2D eigenvalue weighted by molar-refractivity contribution is 0.427. The molecule has 6 heteroatoms. The second-order valence-corrected chi connectivity index (χ2v) is 8.14. The van der Waals surface area contributed by atoms with E-state index in [4.69, 9.17) is 4.98 Å². The second-order valence-electron chi connectivity index (χ2n) is 7.25.